The SMILES string of the molecule is O=S(=O)(NCC(O)C(F)F)c1c(F)cccc1F. The van der Waals surface area contributed by atoms with Crippen molar-refractivity contribution in [1.29, 1.82) is 0 Å². The molecule has 0 aliphatic carbocycles. The van der Waals surface area contributed by atoms with Crippen LogP contribution in [0.5, 0.6) is 0 Å². The second-order valence-corrected chi connectivity index (χ2v) is 5.01. The third-order valence-corrected chi connectivity index (χ3v) is 3.44. The molecular formula is C9H9F4NO3S. The van der Waals surface area contributed by atoms with Gasteiger partial charge in [0.15, 0.2) is 4.90 Å². The van der Waals surface area contributed by atoms with Gasteiger partial charge >= 0.3 is 0 Å². The summed E-state index contributed by atoms with van der Waals surface area (Å²) in [6, 6.07) is 2.38. The van der Waals surface area contributed by atoms with E-state index in [1.165, 1.54) is 4.72 Å². The van der Waals surface area contributed by atoms with Gasteiger partial charge in [-0.25, -0.2) is 30.7 Å². The maximum absolute atomic E-state index is 13.2. The number of rotatable bonds is 5. The number of hydrogen-bond donors (Lipinski definition) is 2. The third-order valence-electron chi connectivity index (χ3n) is 1.96. The van der Waals surface area contributed by atoms with Crippen LogP contribution in [-0.2, 0) is 10.0 Å². The Morgan fingerprint density at radius 2 is 1.72 bits per heavy atom. The van der Waals surface area contributed by atoms with Crippen LogP contribution in [0.25, 0.3) is 0 Å². The van der Waals surface area contributed by atoms with Crippen molar-refractivity contribution in [3.8, 4) is 0 Å². The van der Waals surface area contributed by atoms with Gasteiger partial charge in [0.2, 0.25) is 10.0 Å². The molecule has 1 aromatic carbocycles. The zero-order valence-electron chi connectivity index (χ0n) is 8.78. The zero-order chi connectivity index (χ0) is 13.9. The molecule has 0 fully saturated rings. The van der Waals surface area contributed by atoms with Crippen LogP contribution in [0, 0.1) is 11.6 Å². The fourth-order valence-corrected chi connectivity index (χ4v) is 2.28. The number of nitrogens with one attached hydrogen (secondary N) is 1. The van der Waals surface area contributed by atoms with E-state index in [0.29, 0.717) is 12.1 Å². The van der Waals surface area contributed by atoms with E-state index in [0.717, 1.165) is 6.07 Å². The standard InChI is InChI=1S/C9H9F4NO3S/c10-5-2-1-3-6(11)8(5)18(16,17)14-4-7(15)9(12)13/h1-3,7,9,14-15H,4H2. The lowest BCUT2D eigenvalue weighted by Gasteiger charge is -2.12. The first-order valence-corrected chi connectivity index (χ1v) is 6.14. The molecule has 0 aliphatic rings. The Kier molecular flexibility index (Phi) is 4.65. The summed E-state index contributed by atoms with van der Waals surface area (Å²) in [5, 5.41) is 8.71. The van der Waals surface area contributed by atoms with Crippen molar-refractivity contribution in [2.45, 2.75) is 17.4 Å². The summed E-state index contributed by atoms with van der Waals surface area (Å²) in [6.45, 7) is -1.05. The molecule has 0 bridgehead atoms. The Bertz CT molecular complexity index is 500. The fourth-order valence-electron chi connectivity index (χ4n) is 1.10. The van der Waals surface area contributed by atoms with E-state index in [1.54, 1.807) is 0 Å². The molecule has 0 spiro atoms. The van der Waals surface area contributed by atoms with Crippen LogP contribution in [0.3, 0.4) is 0 Å². The third kappa shape index (κ3) is 3.40. The zero-order valence-corrected chi connectivity index (χ0v) is 9.59. The van der Waals surface area contributed by atoms with Crippen LogP contribution in [0.1, 0.15) is 0 Å². The summed E-state index contributed by atoms with van der Waals surface area (Å²) in [5.74, 6) is -2.71. The second-order valence-electron chi connectivity index (χ2n) is 3.30. The van der Waals surface area contributed by atoms with Gasteiger partial charge in [0.05, 0.1) is 0 Å². The molecule has 18 heavy (non-hydrogen) atoms. The Hall–Kier alpha value is -1.19. The van der Waals surface area contributed by atoms with Gasteiger partial charge in [-0.2, -0.15) is 0 Å². The van der Waals surface area contributed by atoms with Crippen molar-refractivity contribution < 1.29 is 31.1 Å². The molecule has 1 aromatic rings. The Morgan fingerprint density at radius 1 is 1.22 bits per heavy atom. The highest BCUT2D eigenvalue weighted by Crippen LogP contribution is 2.17. The van der Waals surface area contributed by atoms with Gasteiger partial charge in [0.1, 0.15) is 17.7 Å². The van der Waals surface area contributed by atoms with E-state index in [-0.39, 0.29) is 0 Å². The number of halogens is 4. The minimum absolute atomic E-state index is 0.710. The van der Waals surface area contributed by atoms with Crippen molar-refractivity contribution in [2.75, 3.05) is 6.54 Å². The second kappa shape index (κ2) is 5.63. The minimum atomic E-state index is -4.64. The first kappa shape index (κ1) is 14.9. The van der Waals surface area contributed by atoms with Crippen molar-refractivity contribution in [2.24, 2.45) is 0 Å². The molecule has 102 valence electrons. The monoisotopic (exact) mass is 287 g/mol. The molecule has 0 heterocycles. The maximum atomic E-state index is 13.2. The molecular weight excluding hydrogens is 278 g/mol. The lowest BCUT2D eigenvalue weighted by atomic mass is 10.3. The first-order chi connectivity index (χ1) is 8.25. The molecule has 0 radical (unpaired) electrons. The van der Waals surface area contributed by atoms with E-state index in [1.807, 2.05) is 0 Å². The number of hydrogen-bond acceptors (Lipinski definition) is 3. The molecule has 9 heteroatoms. The van der Waals surface area contributed by atoms with Crippen molar-refractivity contribution in [1.82, 2.24) is 4.72 Å². The molecule has 4 nitrogen and oxygen atoms in total. The quantitative estimate of drug-likeness (QED) is 0.790. The molecule has 0 aliphatic heterocycles. The number of sulfonamides is 1. The molecule has 1 unspecified atom stereocenters. The summed E-state index contributed by atoms with van der Waals surface area (Å²) in [4.78, 5) is -1.27. The largest absolute Gasteiger partial charge is 0.386 e. The summed E-state index contributed by atoms with van der Waals surface area (Å²) < 4.78 is 74.6. The number of benzene rings is 1. The highest BCUT2D eigenvalue weighted by Gasteiger charge is 2.26. The van der Waals surface area contributed by atoms with Crippen molar-refractivity contribution in [3.05, 3.63) is 29.8 Å². The minimum Gasteiger partial charge on any atom is -0.386 e. The van der Waals surface area contributed by atoms with Gasteiger partial charge in [-0.1, -0.05) is 6.07 Å². The first-order valence-electron chi connectivity index (χ1n) is 4.65. The normalized spacial score (nSPS) is 13.9. The highest BCUT2D eigenvalue weighted by atomic mass is 32.2. The molecule has 0 saturated carbocycles. The van der Waals surface area contributed by atoms with Gasteiger partial charge in [-0.15, -0.1) is 0 Å². The van der Waals surface area contributed by atoms with Crippen LogP contribution < -0.4 is 4.72 Å². The van der Waals surface area contributed by atoms with Crippen molar-refractivity contribution in [3.63, 3.8) is 0 Å². The number of aliphatic hydroxyl groups excluding tert-OH is 1. The van der Waals surface area contributed by atoms with Gasteiger partial charge in [0, 0.05) is 6.54 Å². The summed E-state index contributed by atoms with van der Waals surface area (Å²) >= 11 is 0. The summed E-state index contributed by atoms with van der Waals surface area (Å²) in [6.07, 6.45) is -5.42. The molecule has 0 saturated heterocycles. The predicted octanol–water partition coefficient (Wildman–Crippen LogP) is 0.869. The van der Waals surface area contributed by atoms with Crippen LogP contribution in [0.15, 0.2) is 23.1 Å². The average molecular weight is 287 g/mol. The van der Waals surface area contributed by atoms with Crippen LogP contribution in [-0.4, -0.2) is 32.6 Å². The van der Waals surface area contributed by atoms with Crippen LogP contribution in [0.2, 0.25) is 0 Å². The molecule has 1 rings (SSSR count). The number of aliphatic hydroxyl groups is 1. The average Bonchev–Trinajstić information content (AvgIpc) is 2.25. The topological polar surface area (TPSA) is 66.4 Å². The fraction of sp³-hybridized carbons (Fsp3) is 0.333. The van der Waals surface area contributed by atoms with Crippen molar-refractivity contribution >= 4 is 10.0 Å². The van der Waals surface area contributed by atoms with Gasteiger partial charge in [0.25, 0.3) is 6.43 Å². The van der Waals surface area contributed by atoms with E-state index in [4.69, 9.17) is 5.11 Å². The highest BCUT2D eigenvalue weighted by molar-refractivity contribution is 7.89. The molecule has 0 amide bonds. The predicted molar refractivity (Wildman–Crippen MR) is 53.6 cm³/mol. The maximum Gasteiger partial charge on any atom is 0.265 e. The van der Waals surface area contributed by atoms with Gasteiger partial charge in [-0.3, -0.25) is 0 Å². The Morgan fingerprint density at radius 3 is 2.17 bits per heavy atom. The van der Waals surface area contributed by atoms with E-state index in [9.17, 15) is 26.0 Å². The molecule has 1 atom stereocenters. The molecule has 0 aromatic heterocycles. The summed E-state index contributed by atoms with van der Waals surface area (Å²) in [5.41, 5.74) is 0. The summed E-state index contributed by atoms with van der Waals surface area (Å²) in [7, 11) is -4.64. The molecule has 2 N–H and O–H groups in total. The van der Waals surface area contributed by atoms with E-state index >= 15 is 0 Å². The smallest absolute Gasteiger partial charge is 0.265 e. The Balaban J connectivity index is 2.94. The van der Waals surface area contributed by atoms with Crippen LogP contribution >= 0.6 is 0 Å². The Labute approximate surface area is 100 Å². The van der Waals surface area contributed by atoms with E-state index < -0.39 is 45.6 Å². The lowest BCUT2D eigenvalue weighted by molar-refractivity contribution is -0.000461. The van der Waals surface area contributed by atoms with Gasteiger partial charge in [-0.05, 0) is 12.1 Å². The number of alkyl halides is 2. The van der Waals surface area contributed by atoms with E-state index in [2.05, 4.69) is 0 Å². The van der Waals surface area contributed by atoms with Crippen LogP contribution in [0.4, 0.5) is 17.6 Å². The lowest BCUT2D eigenvalue weighted by Crippen LogP contribution is -2.36. The van der Waals surface area contributed by atoms with Gasteiger partial charge < -0.3 is 5.11 Å².